The Kier molecular flexibility index (Phi) is 4.26. The molecule has 2 heterocycles. The van der Waals surface area contributed by atoms with Crippen molar-refractivity contribution in [2.75, 3.05) is 46.5 Å². The molecule has 0 spiro atoms. The van der Waals surface area contributed by atoms with Crippen molar-refractivity contribution in [2.45, 2.75) is 38.8 Å². The van der Waals surface area contributed by atoms with Crippen LogP contribution in [0.4, 0.5) is 0 Å². The van der Waals surface area contributed by atoms with Gasteiger partial charge < -0.3 is 19.3 Å². The first-order valence-corrected chi connectivity index (χ1v) is 8.19. The third-order valence-corrected chi connectivity index (χ3v) is 5.56. The smallest absolute Gasteiger partial charge is 0.224 e. The van der Waals surface area contributed by atoms with Crippen molar-refractivity contribution in [1.82, 2.24) is 9.80 Å². The number of carbonyl (C=O) groups excluding carboxylic acids is 1. The maximum Gasteiger partial charge on any atom is 0.224 e. The Bertz CT molecular complexity index is 393. The van der Waals surface area contributed by atoms with E-state index in [2.05, 4.69) is 25.8 Å². The number of hydrogen-bond donors (Lipinski definition) is 0. The summed E-state index contributed by atoms with van der Waals surface area (Å²) in [6, 6.07) is 0.544. The van der Waals surface area contributed by atoms with Gasteiger partial charge in [-0.15, -0.1) is 0 Å². The monoisotopic (exact) mass is 296 g/mol. The Morgan fingerprint density at radius 3 is 2.71 bits per heavy atom. The molecule has 1 aliphatic carbocycles. The summed E-state index contributed by atoms with van der Waals surface area (Å²) in [6.07, 6.45) is 2.20. The van der Waals surface area contributed by atoms with Crippen molar-refractivity contribution < 1.29 is 14.3 Å². The fourth-order valence-electron chi connectivity index (χ4n) is 4.57. The van der Waals surface area contributed by atoms with Gasteiger partial charge in [0, 0.05) is 50.0 Å². The summed E-state index contributed by atoms with van der Waals surface area (Å²) in [5.74, 6) is 0.921. The normalized spacial score (nSPS) is 34.7. The summed E-state index contributed by atoms with van der Waals surface area (Å²) < 4.78 is 11.1. The number of hydrogen-bond acceptors (Lipinski definition) is 4. The van der Waals surface area contributed by atoms with Crippen LogP contribution in [0.3, 0.4) is 0 Å². The summed E-state index contributed by atoms with van der Waals surface area (Å²) in [7, 11) is 2.16. The first-order chi connectivity index (χ1) is 10.0. The van der Waals surface area contributed by atoms with Gasteiger partial charge in [0.15, 0.2) is 0 Å². The zero-order valence-corrected chi connectivity index (χ0v) is 13.5. The van der Waals surface area contributed by atoms with Crippen LogP contribution in [-0.4, -0.2) is 74.4 Å². The standard InChI is InChI=1S/C16H28N2O3/c1-16(2)14(12-5-9-21-15(12)16)17(3)6-4-13(19)18-7-10-20-11-8-18/h12,14-15H,4-11H2,1-3H3. The maximum atomic E-state index is 12.2. The summed E-state index contributed by atoms with van der Waals surface area (Å²) in [6.45, 7) is 9.18. The van der Waals surface area contributed by atoms with Gasteiger partial charge in [-0.1, -0.05) is 13.8 Å². The van der Waals surface area contributed by atoms with Crippen LogP contribution in [0, 0.1) is 11.3 Å². The first-order valence-electron chi connectivity index (χ1n) is 8.19. The Hall–Kier alpha value is -0.650. The van der Waals surface area contributed by atoms with Gasteiger partial charge in [-0.05, 0) is 13.5 Å². The van der Waals surface area contributed by atoms with E-state index >= 15 is 0 Å². The molecule has 0 radical (unpaired) electrons. The molecule has 3 aliphatic rings. The fourth-order valence-corrected chi connectivity index (χ4v) is 4.57. The van der Waals surface area contributed by atoms with E-state index in [1.165, 1.54) is 6.42 Å². The highest BCUT2D eigenvalue weighted by Crippen LogP contribution is 2.54. The van der Waals surface area contributed by atoms with E-state index in [1.807, 2.05) is 4.90 Å². The predicted octanol–water partition coefficient (Wildman–Crippen LogP) is 0.981. The molecule has 3 atom stereocenters. The van der Waals surface area contributed by atoms with Crippen LogP contribution >= 0.6 is 0 Å². The number of rotatable bonds is 4. The Morgan fingerprint density at radius 2 is 2.00 bits per heavy atom. The molecule has 120 valence electrons. The zero-order valence-electron chi connectivity index (χ0n) is 13.5. The van der Waals surface area contributed by atoms with Gasteiger partial charge in [0.25, 0.3) is 0 Å². The summed E-state index contributed by atoms with van der Waals surface area (Å²) in [4.78, 5) is 16.6. The first kappa shape index (κ1) is 15.3. The number of nitrogens with zero attached hydrogens (tertiary/aromatic N) is 2. The summed E-state index contributed by atoms with van der Waals surface area (Å²) >= 11 is 0. The average molecular weight is 296 g/mol. The molecule has 0 bridgehead atoms. The molecule has 3 fully saturated rings. The molecule has 21 heavy (non-hydrogen) atoms. The molecule has 0 aromatic rings. The highest BCUT2D eigenvalue weighted by atomic mass is 16.5. The molecule has 0 aromatic carbocycles. The van der Waals surface area contributed by atoms with Gasteiger partial charge in [-0.25, -0.2) is 0 Å². The Labute approximate surface area is 127 Å². The topological polar surface area (TPSA) is 42.0 Å². The van der Waals surface area contributed by atoms with Gasteiger partial charge in [0.1, 0.15) is 0 Å². The van der Waals surface area contributed by atoms with Crippen LogP contribution in [0.5, 0.6) is 0 Å². The number of morpholine rings is 1. The molecule has 1 saturated carbocycles. The molecule has 1 amide bonds. The molecule has 5 heteroatoms. The molecule has 2 saturated heterocycles. The molecule has 0 aromatic heterocycles. The van der Waals surface area contributed by atoms with Crippen molar-refractivity contribution in [3.63, 3.8) is 0 Å². The number of amides is 1. The van der Waals surface area contributed by atoms with E-state index in [4.69, 9.17) is 9.47 Å². The van der Waals surface area contributed by atoms with Crippen molar-refractivity contribution in [2.24, 2.45) is 11.3 Å². The van der Waals surface area contributed by atoms with Crippen LogP contribution in [0.15, 0.2) is 0 Å². The van der Waals surface area contributed by atoms with Crippen molar-refractivity contribution in [1.29, 1.82) is 0 Å². The lowest BCUT2D eigenvalue weighted by Gasteiger charge is -2.58. The van der Waals surface area contributed by atoms with E-state index in [1.54, 1.807) is 0 Å². The second-order valence-corrected chi connectivity index (χ2v) is 7.23. The lowest BCUT2D eigenvalue weighted by Crippen LogP contribution is -2.66. The van der Waals surface area contributed by atoms with Gasteiger partial charge in [0.05, 0.1) is 19.3 Å². The van der Waals surface area contributed by atoms with Crippen LogP contribution in [0.1, 0.15) is 26.7 Å². The molecular weight excluding hydrogens is 268 g/mol. The van der Waals surface area contributed by atoms with Crippen molar-refractivity contribution in [3.05, 3.63) is 0 Å². The van der Waals surface area contributed by atoms with Crippen LogP contribution in [0.25, 0.3) is 0 Å². The third kappa shape index (κ3) is 2.71. The maximum absolute atomic E-state index is 12.2. The SMILES string of the molecule is CN(CCC(=O)N1CCOCC1)C1C2CCOC2C1(C)C. The molecule has 3 unspecified atom stereocenters. The minimum absolute atomic E-state index is 0.206. The average Bonchev–Trinajstić information content (AvgIpc) is 2.91. The minimum atomic E-state index is 0.206. The highest BCUT2D eigenvalue weighted by molar-refractivity contribution is 5.76. The lowest BCUT2D eigenvalue weighted by atomic mass is 9.57. The van der Waals surface area contributed by atoms with Crippen molar-refractivity contribution >= 4 is 5.91 Å². The van der Waals surface area contributed by atoms with Crippen molar-refractivity contribution in [3.8, 4) is 0 Å². The number of fused-ring (bicyclic) bond motifs is 1. The molecule has 5 nitrogen and oxygen atoms in total. The van der Waals surface area contributed by atoms with E-state index in [0.29, 0.717) is 37.7 Å². The summed E-state index contributed by atoms with van der Waals surface area (Å²) in [5, 5.41) is 0. The predicted molar refractivity (Wildman–Crippen MR) is 80.1 cm³/mol. The molecule has 3 rings (SSSR count). The Balaban J connectivity index is 1.50. The summed E-state index contributed by atoms with van der Waals surface area (Å²) in [5.41, 5.74) is 0.206. The van der Waals surface area contributed by atoms with E-state index < -0.39 is 0 Å². The third-order valence-electron chi connectivity index (χ3n) is 5.56. The van der Waals surface area contributed by atoms with E-state index in [9.17, 15) is 4.79 Å². The lowest BCUT2D eigenvalue weighted by molar-refractivity contribution is -0.152. The van der Waals surface area contributed by atoms with Gasteiger partial charge in [-0.2, -0.15) is 0 Å². The molecule has 2 aliphatic heterocycles. The highest BCUT2D eigenvalue weighted by Gasteiger charge is 2.60. The van der Waals surface area contributed by atoms with Crippen LogP contribution in [-0.2, 0) is 14.3 Å². The second-order valence-electron chi connectivity index (χ2n) is 7.23. The van der Waals surface area contributed by atoms with E-state index in [0.717, 1.165) is 26.2 Å². The fraction of sp³-hybridized carbons (Fsp3) is 0.938. The van der Waals surface area contributed by atoms with Crippen LogP contribution in [0.2, 0.25) is 0 Å². The van der Waals surface area contributed by atoms with Gasteiger partial charge in [-0.3, -0.25) is 4.79 Å². The quantitative estimate of drug-likeness (QED) is 0.775. The van der Waals surface area contributed by atoms with E-state index in [-0.39, 0.29) is 11.3 Å². The second kappa shape index (κ2) is 5.86. The van der Waals surface area contributed by atoms with Gasteiger partial charge in [0.2, 0.25) is 5.91 Å². The zero-order chi connectivity index (χ0) is 15.0. The number of ether oxygens (including phenoxy) is 2. The largest absolute Gasteiger partial charge is 0.378 e. The Morgan fingerprint density at radius 1 is 1.29 bits per heavy atom. The molecular formula is C16H28N2O3. The molecule has 0 N–H and O–H groups in total. The number of carbonyl (C=O) groups is 1. The van der Waals surface area contributed by atoms with Gasteiger partial charge >= 0.3 is 0 Å². The minimum Gasteiger partial charge on any atom is -0.378 e. The van der Waals surface area contributed by atoms with Crippen LogP contribution < -0.4 is 0 Å².